The minimum atomic E-state index is -0.147. The lowest BCUT2D eigenvalue weighted by molar-refractivity contribution is -0.118. The molecule has 0 bridgehead atoms. The van der Waals surface area contributed by atoms with Crippen molar-refractivity contribution in [3.05, 3.63) is 60.0 Å². The lowest BCUT2D eigenvalue weighted by atomic mass is 10.2. The Labute approximate surface area is 155 Å². The van der Waals surface area contributed by atoms with Crippen LogP contribution >= 0.6 is 11.8 Å². The number of anilines is 1. The summed E-state index contributed by atoms with van der Waals surface area (Å²) in [5, 5.41) is 13.7. The van der Waals surface area contributed by atoms with Crippen molar-refractivity contribution in [2.45, 2.75) is 13.5 Å². The number of thioether (sulfide) groups is 1. The molecule has 0 aliphatic heterocycles. The van der Waals surface area contributed by atoms with E-state index in [9.17, 15) is 9.59 Å². The van der Waals surface area contributed by atoms with Crippen molar-refractivity contribution in [2.24, 2.45) is 0 Å². The third-order valence-corrected chi connectivity index (χ3v) is 4.53. The Hall–Kier alpha value is -2.87. The van der Waals surface area contributed by atoms with Gasteiger partial charge in [0.2, 0.25) is 11.8 Å². The van der Waals surface area contributed by atoms with Gasteiger partial charge in [-0.1, -0.05) is 18.2 Å². The summed E-state index contributed by atoms with van der Waals surface area (Å²) >= 11 is 1.27. The molecule has 0 saturated carbocycles. The zero-order valence-corrected chi connectivity index (χ0v) is 15.1. The maximum atomic E-state index is 11.9. The summed E-state index contributed by atoms with van der Waals surface area (Å²) in [6.45, 7) is 2.26. The van der Waals surface area contributed by atoms with Crippen molar-refractivity contribution in [1.82, 2.24) is 19.9 Å². The predicted octanol–water partition coefficient (Wildman–Crippen LogP) is 2.03. The summed E-state index contributed by atoms with van der Waals surface area (Å²) < 4.78 is 1.82. The average molecular weight is 369 g/mol. The van der Waals surface area contributed by atoms with E-state index in [1.165, 1.54) is 11.8 Å². The second-order valence-electron chi connectivity index (χ2n) is 5.73. The van der Waals surface area contributed by atoms with E-state index in [1.54, 1.807) is 0 Å². The first-order valence-corrected chi connectivity index (χ1v) is 9.27. The standard InChI is InChI=1S/C18H19N5O2S/c1-13-5-4-6-14(9-13)20-18(25)12-26-11-17(24)19-10-16-22-21-15-7-2-3-8-23(15)16/h2-9H,10-12H2,1H3,(H,19,24)(H,20,25). The highest BCUT2D eigenvalue weighted by molar-refractivity contribution is 8.00. The van der Waals surface area contributed by atoms with E-state index in [0.717, 1.165) is 16.9 Å². The van der Waals surface area contributed by atoms with Crippen LogP contribution in [0.3, 0.4) is 0 Å². The molecule has 0 fully saturated rings. The normalized spacial score (nSPS) is 10.7. The van der Waals surface area contributed by atoms with Crippen LogP contribution in [0.2, 0.25) is 0 Å². The molecule has 0 spiro atoms. The molecule has 2 aromatic heterocycles. The lowest BCUT2D eigenvalue weighted by Gasteiger charge is -2.06. The Morgan fingerprint density at radius 3 is 2.77 bits per heavy atom. The molecule has 3 aromatic rings. The number of carbonyl (C=O) groups is 2. The van der Waals surface area contributed by atoms with Gasteiger partial charge in [-0.3, -0.25) is 14.0 Å². The minimum Gasteiger partial charge on any atom is -0.348 e. The third-order valence-electron chi connectivity index (χ3n) is 3.60. The van der Waals surface area contributed by atoms with E-state index in [-0.39, 0.29) is 23.3 Å². The van der Waals surface area contributed by atoms with Gasteiger partial charge in [0.05, 0.1) is 18.1 Å². The second kappa shape index (κ2) is 8.48. The summed E-state index contributed by atoms with van der Waals surface area (Å²) in [6, 6.07) is 13.2. The molecule has 8 heteroatoms. The summed E-state index contributed by atoms with van der Waals surface area (Å²) in [5.74, 6) is 0.812. The molecule has 3 rings (SSSR count). The van der Waals surface area contributed by atoms with Gasteiger partial charge in [0.15, 0.2) is 11.5 Å². The quantitative estimate of drug-likeness (QED) is 0.665. The minimum absolute atomic E-state index is 0.128. The summed E-state index contributed by atoms with van der Waals surface area (Å²) in [6.07, 6.45) is 1.85. The number of pyridine rings is 1. The van der Waals surface area contributed by atoms with Gasteiger partial charge >= 0.3 is 0 Å². The van der Waals surface area contributed by atoms with E-state index >= 15 is 0 Å². The van der Waals surface area contributed by atoms with Crippen molar-refractivity contribution < 1.29 is 9.59 Å². The lowest BCUT2D eigenvalue weighted by Crippen LogP contribution is -2.26. The average Bonchev–Trinajstić information content (AvgIpc) is 3.03. The van der Waals surface area contributed by atoms with Crippen LogP contribution in [0.25, 0.3) is 5.65 Å². The molecule has 0 aliphatic rings. The molecule has 2 heterocycles. The van der Waals surface area contributed by atoms with Crippen molar-refractivity contribution >= 4 is 34.9 Å². The zero-order chi connectivity index (χ0) is 18.4. The Morgan fingerprint density at radius 2 is 1.92 bits per heavy atom. The molecule has 0 atom stereocenters. The van der Waals surface area contributed by atoms with Crippen LogP contribution in [0.5, 0.6) is 0 Å². The molecular weight excluding hydrogens is 350 g/mol. The second-order valence-corrected chi connectivity index (χ2v) is 6.72. The predicted molar refractivity (Wildman–Crippen MR) is 102 cm³/mol. The van der Waals surface area contributed by atoms with Crippen LogP contribution in [-0.2, 0) is 16.1 Å². The number of nitrogens with zero attached hydrogens (tertiary/aromatic N) is 3. The van der Waals surface area contributed by atoms with E-state index < -0.39 is 0 Å². The number of fused-ring (bicyclic) bond motifs is 1. The van der Waals surface area contributed by atoms with Gasteiger partial charge in [0, 0.05) is 11.9 Å². The van der Waals surface area contributed by atoms with Crippen LogP contribution in [0.1, 0.15) is 11.4 Å². The molecule has 7 nitrogen and oxygen atoms in total. The van der Waals surface area contributed by atoms with Crippen LogP contribution in [-0.4, -0.2) is 37.9 Å². The number of benzene rings is 1. The smallest absolute Gasteiger partial charge is 0.234 e. The van der Waals surface area contributed by atoms with Crippen LogP contribution < -0.4 is 10.6 Å². The summed E-state index contributed by atoms with van der Waals surface area (Å²) in [4.78, 5) is 23.8. The van der Waals surface area contributed by atoms with Gasteiger partial charge in [0.1, 0.15) is 0 Å². The highest BCUT2D eigenvalue weighted by atomic mass is 32.2. The molecule has 2 N–H and O–H groups in total. The first kappa shape index (κ1) is 17.9. The summed E-state index contributed by atoms with van der Waals surface area (Å²) in [5.41, 5.74) is 2.58. The highest BCUT2D eigenvalue weighted by Crippen LogP contribution is 2.10. The number of rotatable bonds is 7. The Kier molecular flexibility index (Phi) is 5.85. The maximum Gasteiger partial charge on any atom is 0.234 e. The molecule has 0 radical (unpaired) electrons. The first-order chi connectivity index (χ1) is 12.6. The molecule has 0 saturated heterocycles. The molecule has 134 valence electrons. The SMILES string of the molecule is Cc1cccc(NC(=O)CSCC(=O)NCc2nnc3ccccn23)c1. The number of aromatic nitrogens is 3. The Bertz CT molecular complexity index is 925. The molecule has 26 heavy (non-hydrogen) atoms. The third kappa shape index (κ3) is 4.82. The first-order valence-electron chi connectivity index (χ1n) is 8.11. The maximum absolute atomic E-state index is 11.9. The van der Waals surface area contributed by atoms with E-state index in [0.29, 0.717) is 12.4 Å². The van der Waals surface area contributed by atoms with Crippen LogP contribution in [0.4, 0.5) is 5.69 Å². The van der Waals surface area contributed by atoms with Crippen molar-refractivity contribution in [1.29, 1.82) is 0 Å². The molecule has 0 aliphatic carbocycles. The fraction of sp³-hybridized carbons (Fsp3) is 0.222. The Balaban J connectivity index is 1.39. The number of aryl methyl sites for hydroxylation is 1. The number of nitrogens with one attached hydrogen (secondary N) is 2. The van der Waals surface area contributed by atoms with Gasteiger partial charge in [-0.05, 0) is 36.8 Å². The topological polar surface area (TPSA) is 88.4 Å². The van der Waals surface area contributed by atoms with Crippen molar-refractivity contribution in [3.8, 4) is 0 Å². The van der Waals surface area contributed by atoms with Gasteiger partial charge in [-0.15, -0.1) is 22.0 Å². The van der Waals surface area contributed by atoms with Gasteiger partial charge < -0.3 is 10.6 Å². The molecule has 2 amide bonds. The number of carbonyl (C=O) groups excluding carboxylic acids is 2. The fourth-order valence-corrected chi connectivity index (χ4v) is 3.04. The van der Waals surface area contributed by atoms with Gasteiger partial charge in [0.25, 0.3) is 0 Å². The van der Waals surface area contributed by atoms with E-state index in [4.69, 9.17) is 0 Å². The molecule has 0 unspecified atom stereocenters. The fourth-order valence-electron chi connectivity index (χ4n) is 2.40. The monoisotopic (exact) mass is 369 g/mol. The zero-order valence-electron chi connectivity index (χ0n) is 14.3. The van der Waals surface area contributed by atoms with Gasteiger partial charge in [-0.2, -0.15) is 0 Å². The number of amides is 2. The van der Waals surface area contributed by atoms with Crippen molar-refractivity contribution in [3.63, 3.8) is 0 Å². The number of hydrogen-bond donors (Lipinski definition) is 2. The van der Waals surface area contributed by atoms with E-state index in [1.807, 2.05) is 60.0 Å². The molecule has 1 aromatic carbocycles. The largest absolute Gasteiger partial charge is 0.348 e. The Morgan fingerprint density at radius 1 is 1.08 bits per heavy atom. The van der Waals surface area contributed by atoms with Crippen LogP contribution in [0, 0.1) is 6.92 Å². The molecular formula is C18H19N5O2S. The summed E-state index contributed by atoms with van der Waals surface area (Å²) in [7, 11) is 0. The van der Waals surface area contributed by atoms with Crippen LogP contribution in [0.15, 0.2) is 48.7 Å². The van der Waals surface area contributed by atoms with E-state index in [2.05, 4.69) is 20.8 Å². The number of hydrogen-bond acceptors (Lipinski definition) is 5. The highest BCUT2D eigenvalue weighted by Gasteiger charge is 2.09. The van der Waals surface area contributed by atoms with Gasteiger partial charge in [-0.25, -0.2) is 0 Å². The van der Waals surface area contributed by atoms with Crippen molar-refractivity contribution in [2.75, 3.05) is 16.8 Å².